The molecule has 1 saturated heterocycles. The van der Waals surface area contributed by atoms with Gasteiger partial charge >= 0.3 is 11.8 Å². The maximum Gasteiger partial charge on any atom is 0.340 e. The number of benzene rings is 2. The highest BCUT2D eigenvalue weighted by atomic mass is 32.2. The molecule has 4 heterocycles. The Labute approximate surface area is 426 Å². The van der Waals surface area contributed by atoms with E-state index in [1.54, 1.807) is 19.1 Å². The summed E-state index contributed by atoms with van der Waals surface area (Å²) >= 11 is 1.40. The number of carbonyl (C=O) groups is 1. The monoisotopic (exact) mass is 1100 g/mol. The van der Waals surface area contributed by atoms with E-state index in [1.165, 1.54) is 12.1 Å². The third-order valence-corrected chi connectivity index (χ3v) is 18.0. The summed E-state index contributed by atoms with van der Waals surface area (Å²) in [6.45, 7) is 10.1. The van der Waals surface area contributed by atoms with Crippen molar-refractivity contribution in [3.63, 3.8) is 0 Å². The van der Waals surface area contributed by atoms with Crippen LogP contribution in [0, 0.1) is 23.2 Å². The molecule has 4 aliphatic heterocycles. The second-order valence-electron chi connectivity index (χ2n) is 19.2. The number of rotatable bonds is 21. The van der Waals surface area contributed by atoms with E-state index in [0.29, 0.717) is 82.8 Å². The minimum absolute atomic E-state index is 0.0197. The van der Waals surface area contributed by atoms with Gasteiger partial charge in [0.15, 0.2) is 18.2 Å². The van der Waals surface area contributed by atoms with Gasteiger partial charge in [0.25, 0.3) is 30.4 Å². The molecule has 1 spiro atoms. The van der Waals surface area contributed by atoms with Crippen molar-refractivity contribution in [3.8, 4) is 6.07 Å². The van der Waals surface area contributed by atoms with Crippen LogP contribution < -0.4 is 4.90 Å². The fourth-order valence-electron chi connectivity index (χ4n) is 10.4. The van der Waals surface area contributed by atoms with Crippen LogP contribution in [0.25, 0.3) is 0 Å². The van der Waals surface area contributed by atoms with Gasteiger partial charge in [0.2, 0.25) is 11.1 Å². The Morgan fingerprint density at radius 1 is 0.875 bits per heavy atom. The number of allylic oxidation sites excluding steroid dienone is 9. The number of aliphatic hydroxyl groups is 1. The van der Waals surface area contributed by atoms with Crippen molar-refractivity contribution >= 4 is 77.4 Å². The molecule has 2 aromatic carbocycles. The minimum Gasteiger partial charge on any atom is -0.467 e. The van der Waals surface area contributed by atoms with Crippen LogP contribution in [0.15, 0.2) is 104 Å². The van der Waals surface area contributed by atoms with Crippen LogP contribution in [0.5, 0.6) is 0 Å². The smallest absolute Gasteiger partial charge is 0.340 e. The predicted octanol–water partition coefficient (Wildman–Crippen LogP) is 7.64. The van der Waals surface area contributed by atoms with Gasteiger partial charge in [-0.25, -0.2) is 15.3 Å². The van der Waals surface area contributed by atoms with E-state index in [9.17, 15) is 54.1 Å². The molecule has 0 saturated carbocycles. The molecule has 1 aliphatic carbocycles. The number of nitriles is 1. The summed E-state index contributed by atoms with van der Waals surface area (Å²) in [5.41, 5.74) is 5.00. The van der Waals surface area contributed by atoms with E-state index in [2.05, 4.69) is 16.1 Å². The first-order valence-corrected chi connectivity index (χ1v) is 28.9. The molecule has 2 aromatic rings. The predicted molar refractivity (Wildman–Crippen MR) is 264 cm³/mol. The van der Waals surface area contributed by atoms with Gasteiger partial charge in [-0.15, -0.1) is 8.67 Å². The number of nitrogens with zero attached hydrogens (tertiary/aromatic N) is 4. The van der Waals surface area contributed by atoms with Gasteiger partial charge in [-0.05, 0) is 105 Å². The standard InChI is InChI=1S/C46H54N4O17S5/c1-28-33(26-47)43(51)50(27-40(50)69-67-65-54)44(52)41(28)42-29(12-18-38-45(2,3)34-24-31(68-66-64-53)14-16-36(34)48(38)20-6-8-22-70(55,56)57)10-11-30(42)13-19-39-46(4,5)35-25-32(72(61,62)63)15-17-37(35)49(39)21-7-9-23-71(58,59)60/h12-19,24-25,28,33,40H,6-11,20-23,27H2,1-5H3,(H4-,53,54,55,56,57,58,59,60,61,62,63)/p+2/b30-13?,39-19+. The molecule has 0 aromatic heterocycles. The van der Waals surface area contributed by atoms with Crippen molar-refractivity contribution in [2.24, 2.45) is 11.8 Å². The molecule has 4 atom stereocenters. The van der Waals surface area contributed by atoms with Crippen LogP contribution in [0.3, 0.4) is 0 Å². The first-order valence-electron chi connectivity index (χ1n) is 22.7. The van der Waals surface area contributed by atoms with Gasteiger partial charge in [-0.3, -0.25) is 13.7 Å². The largest absolute Gasteiger partial charge is 0.467 e. The van der Waals surface area contributed by atoms with Crippen LogP contribution in [-0.4, -0.2) is 112 Å². The fourth-order valence-corrected chi connectivity index (χ4v) is 13.2. The van der Waals surface area contributed by atoms with Crippen LogP contribution >= 0.6 is 24.1 Å². The number of carbonyl (C=O) groups excluding carboxylic acids is 1. The zero-order chi connectivity index (χ0) is 52.8. The zero-order valence-electron chi connectivity index (χ0n) is 39.8. The van der Waals surface area contributed by atoms with Crippen molar-refractivity contribution in [1.29, 1.82) is 5.26 Å². The molecule has 4 unspecified atom stereocenters. The topological polar surface area (TPSA) is 308 Å². The Hall–Kier alpha value is -4.28. The number of fused-ring (bicyclic) bond motifs is 2. The maximum atomic E-state index is 14.1. The van der Waals surface area contributed by atoms with Crippen LogP contribution in [0.2, 0.25) is 0 Å². The number of anilines is 1. The quantitative estimate of drug-likeness (QED) is 0.0102. The number of aliphatic hydroxyl groups excluding tert-OH is 1. The lowest BCUT2D eigenvalue weighted by Gasteiger charge is -2.32. The van der Waals surface area contributed by atoms with Crippen molar-refractivity contribution in [3.05, 3.63) is 106 Å². The molecule has 6 N–H and O–H groups in total. The normalized spacial score (nSPS) is 24.9. The van der Waals surface area contributed by atoms with E-state index in [-0.39, 0.29) is 36.7 Å². The SMILES string of the molecule is CC1C(C2=C(C=CC3=[N+](CCCCS(=O)(=O)O)c4ccc(SOOO)cc4C3(C)C)CCC2=C/C=C2/N(CCCCS(=O)(=O)O)c3ccc(S(=O)(=O)O)cc3C2(C)C)=C(O)[N+]2(CC2SOOO)C(=O)C1C#N. The Morgan fingerprint density at radius 3 is 2.19 bits per heavy atom. The molecule has 0 radical (unpaired) electrons. The highest BCUT2D eigenvalue weighted by Crippen LogP contribution is 2.55. The lowest BCUT2D eigenvalue weighted by Crippen LogP contribution is -2.47. The molecule has 26 heteroatoms. The molecule has 0 bridgehead atoms. The van der Waals surface area contributed by atoms with E-state index in [0.717, 1.165) is 34.6 Å². The number of unbranched alkanes of at least 4 members (excludes halogenated alkanes) is 2. The minimum atomic E-state index is -4.61. The summed E-state index contributed by atoms with van der Waals surface area (Å²) in [5.74, 6) is -3.85. The molecule has 1 fully saturated rings. The number of hydrogen-bond donors (Lipinski definition) is 6. The van der Waals surface area contributed by atoms with Crippen molar-refractivity contribution in [2.75, 3.05) is 36.0 Å². The third-order valence-electron chi connectivity index (χ3n) is 14.1. The van der Waals surface area contributed by atoms with Gasteiger partial charge in [0.1, 0.15) is 18.6 Å². The average Bonchev–Trinajstić information content (AvgIpc) is 3.75. The number of quaternary nitrogens is 1. The first-order chi connectivity index (χ1) is 33.7. The summed E-state index contributed by atoms with van der Waals surface area (Å²) in [4.78, 5) is 16.3. The van der Waals surface area contributed by atoms with Crippen molar-refractivity contribution < 1.29 is 87.1 Å². The second kappa shape index (κ2) is 21.2. The molecule has 390 valence electrons. The fraction of sp³-hybridized carbons (Fsp3) is 0.457. The Morgan fingerprint density at radius 2 is 1.56 bits per heavy atom. The van der Waals surface area contributed by atoms with E-state index in [4.69, 9.17) is 19.2 Å². The second-order valence-corrected chi connectivity index (χ2v) is 25.4. The molecule has 5 aliphatic rings. The molecular weight excluding hydrogens is 1040 g/mol. The van der Waals surface area contributed by atoms with Gasteiger partial charge in [0, 0.05) is 58.3 Å². The van der Waals surface area contributed by atoms with Crippen LogP contribution in [0.4, 0.5) is 11.4 Å². The summed E-state index contributed by atoms with van der Waals surface area (Å²) in [6.07, 6.45) is 9.32. The van der Waals surface area contributed by atoms with Gasteiger partial charge in [-0.1, -0.05) is 43.0 Å². The summed E-state index contributed by atoms with van der Waals surface area (Å²) in [7, 11) is -13.1. The molecular formula is C46H56N4O17S5+2. The lowest BCUT2D eigenvalue weighted by molar-refractivity contribution is -0.707. The Bertz CT molecular complexity index is 3120. The molecule has 21 nitrogen and oxygen atoms in total. The van der Waals surface area contributed by atoms with Gasteiger partial charge < -0.3 is 10.0 Å². The van der Waals surface area contributed by atoms with E-state index in [1.807, 2.05) is 73.6 Å². The number of amides is 1. The van der Waals surface area contributed by atoms with E-state index < -0.39 is 80.3 Å². The number of hydrogen-bond acceptors (Lipinski definition) is 18. The zero-order valence-corrected chi connectivity index (χ0v) is 43.9. The lowest BCUT2D eigenvalue weighted by atomic mass is 9.78. The third kappa shape index (κ3) is 11.1. The van der Waals surface area contributed by atoms with Gasteiger partial charge in [0.05, 0.1) is 45.5 Å². The summed E-state index contributed by atoms with van der Waals surface area (Å²) < 4.78 is 111. The van der Waals surface area contributed by atoms with Crippen LogP contribution in [-0.2, 0) is 64.7 Å². The van der Waals surface area contributed by atoms with Gasteiger partial charge in [-0.2, -0.15) is 39.6 Å². The molecule has 1 amide bonds. The highest BCUT2D eigenvalue weighted by Gasteiger charge is 2.72. The van der Waals surface area contributed by atoms with E-state index >= 15 is 0 Å². The molecule has 7 rings (SSSR count). The van der Waals surface area contributed by atoms with Crippen LogP contribution in [0.1, 0.15) is 84.3 Å². The Kier molecular flexibility index (Phi) is 16.3. The van der Waals surface area contributed by atoms with Crippen molar-refractivity contribution in [2.45, 2.75) is 99.1 Å². The van der Waals surface area contributed by atoms with Crippen molar-refractivity contribution in [1.82, 2.24) is 0 Å². The molecule has 72 heavy (non-hydrogen) atoms. The average molecular weight is 1100 g/mol. The Balaban J connectivity index is 1.41. The highest BCUT2D eigenvalue weighted by molar-refractivity contribution is 7.95. The first kappa shape index (κ1) is 55.5. The summed E-state index contributed by atoms with van der Waals surface area (Å²) in [5, 5.41) is 47.7. The maximum absolute atomic E-state index is 14.1. The summed E-state index contributed by atoms with van der Waals surface area (Å²) in [6, 6.07) is 11.9.